The molecule has 2 N–H and O–H groups in total. The van der Waals surface area contributed by atoms with Gasteiger partial charge in [0.1, 0.15) is 5.75 Å². The maximum atomic E-state index is 12.6. The molecule has 8 heteroatoms. The molecular weight excluding hydrogens is 402 g/mol. The molecule has 2 aromatic rings. The largest absolute Gasteiger partial charge is 0.497 e. The van der Waals surface area contributed by atoms with E-state index in [-0.39, 0.29) is 11.8 Å². The number of anilines is 2. The van der Waals surface area contributed by atoms with E-state index in [1.807, 2.05) is 43.3 Å². The Bertz CT molecular complexity index is 974. The Labute approximate surface area is 178 Å². The second-order valence-corrected chi connectivity index (χ2v) is 9.33. The Hall–Kier alpha value is -2.74. The van der Waals surface area contributed by atoms with Gasteiger partial charge in [0.2, 0.25) is 10.0 Å². The molecule has 0 saturated carbocycles. The summed E-state index contributed by atoms with van der Waals surface area (Å²) in [5.41, 5.74) is 3.34. The third-order valence-corrected chi connectivity index (χ3v) is 7.05. The van der Waals surface area contributed by atoms with Crippen molar-refractivity contribution >= 4 is 27.4 Å². The minimum absolute atomic E-state index is 0.121. The highest BCUT2D eigenvalue weighted by Gasteiger charge is 2.27. The van der Waals surface area contributed by atoms with Crippen molar-refractivity contribution in [2.24, 2.45) is 0 Å². The number of hydrogen-bond acceptors (Lipinski definition) is 4. The fourth-order valence-corrected chi connectivity index (χ4v) is 5.18. The van der Waals surface area contributed by atoms with E-state index in [9.17, 15) is 13.2 Å². The third-order valence-electron chi connectivity index (χ3n) is 5.08. The van der Waals surface area contributed by atoms with Crippen LogP contribution in [0, 0.1) is 0 Å². The van der Waals surface area contributed by atoms with Gasteiger partial charge in [-0.3, -0.25) is 4.31 Å². The fraction of sp³-hybridized carbons (Fsp3) is 0.409. The van der Waals surface area contributed by atoms with Crippen LogP contribution in [-0.2, 0) is 22.9 Å². The predicted molar refractivity (Wildman–Crippen MR) is 120 cm³/mol. The number of amides is 2. The maximum Gasteiger partial charge on any atom is 0.319 e. The number of fused-ring (bicyclic) bond motifs is 1. The second-order valence-electron chi connectivity index (χ2n) is 7.31. The maximum absolute atomic E-state index is 12.6. The number of rotatable bonds is 8. The van der Waals surface area contributed by atoms with Gasteiger partial charge in [-0.25, -0.2) is 13.2 Å². The molecule has 1 aliphatic heterocycles. The summed E-state index contributed by atoms with van der Waals surface area (Å²) < 4.78 is 31.9. The molecule has 1 heterocycles. The summed E-state index contributed by atoms with van der Waals surface area (Å²) in [6.07, 6.45) is 2.91. The molecule has 30 heavy (non-hydrogen) atoms. The molecule has 2 amide bonds. The van der Waals surface area contributed by atoms with E-state index in [0.717, 1.165) is 29.7 Å². The van der Waals surface area contributed by atoms with Gasteiger partial charge in [0, 0.05) is 18.8 Å². The summed E-state index contributed by atoms with van der Waals surface area (Å²) >= 11 is 0. The lowest BCUT2D eigenvalue weighted by Gasteiger charge is -2.31. The van der Waals surface area contributed by atoms with Gasteiger partial charge in [-0.2, -0.15) is 0 Å². The predicted octanol–water partition coefficient (Wildman–Crippen LogP) is 3.55. The molecule has 1 aliphatic rings. The number of carbonyl (C=O) groups is 1. The normalized spacial score (nSPS) is 13.5. The van der Waals surface area contributed by atoms with Crippen LogP contribution in [0.15, 0.2) is 42.5 Å². The van der Waals surface area contributed by atoms with Crippen molar-refractivity contribution in [3.63, 3.8) is 0 Å². The van der Waals surface area contributed by atoms with Crippen molar-refractivity contribution in [1.82, 2.24) is 5.32 Å². The molecule has 0 saturated heterocycles. The van der Waals surface area contributed by atoms with Crippen LogP contribution in [-0.4, -0.2) is 40.4 Å². The summed E-state index contributed by atoms with van der Waals surface area (Å²) in [4.78, 5) is 12.3. The topological polar surface area (TPSA) is 87.7 Å². The monoisotopic (exact) mass is 431 g/mol. The Morgan fingerprint density at radius 2 is 1.93 bits per heavy atom. The molecule has 0 spiro atoms. The Morgan fingerprint density at radius 3 is 2.63 bits per heavy atom. The van der Waals surface area contributed by atoms with Crippen LogP contribution in [0.1, 0.15) is 30.9 Å². The molecule has 0 fully saturated rings. The van der Waals surface area contributed by atoms with Crippen LogP contribution in [0.5, 0.6) is 5.75 Å². The number of nitrogens with one attached hydrogen (secondary N) is 2. The third kappa shape index (κ3) is 5.44. The zero-order valence-electron chi connectivity index (χ0n) is 17.5. The average Bonchev–Trinajstić information content (AvgIpc) is 2.73. The highest BCUT2D eigenvalue weighted by molar-refractivity contribution is 7.92. The zero-order valence-corrected chi connectivity index (χ0v) is 18.3. The molecule has 0 aliphatic carbocycles. The summed E-state index contributed by atoms with van der Waals surface area (Å²) in [6.45, 7) is 2.82. The van der Waals surface area contributed by atoms with Gasteiger partial charge in [0.25, 0.3) is 0 Å². The van der Waals surface area contributed by atoms with Crippen molar-refractivity contribution in [1.29, 1.82) is 0 Å². The van der Waals surface area contributed by atoms with Crippen molar-refractivity contribution in [2.45, 2.75) is 32.6 Å². The first-order chi connectivity index (χ1) is 14.4. The number of methoxy groups -OCH3 is 1. The minimum Gasteiger partial charge on any atom is -0.497 e. The highest BCUT2D eigenvalue weighted by atomic mass is 32.2. The second kappa shape index (κ2) is 9.84. The molecule has 0 radical (unpaired) electrons. The first-order valence-electron chi connectivity index (χ1n) is 10.2. The van der Waals surface area contributed by atoms with Crippen LogP contribution in [0.25, 0.3) is 0 Å². The number of sulfonamides is 1. The molecule has 0 unspecified atom stereocenters. The summed E-state index contributed by atoms with van der Waals surface area (Å²) in [6, 6.07) is 12.9. The standard InChI is InChI=1S/C22H29N3O4S/c1-3-15-30(27,28)25-14-4-5-18-8-9-19(16-21(18)25)24-22(26)23-13-12-17-6-10-20(29-2)11-7-17/h6-11,16H,3-5,12-15H2,1-2H3,(H2,23,24,26). The lowest BCUT2D eigenvalue weighted by Crippen LogP contribution is -2.37. The van der Waals surface area contributed by atoms with Crippen LogP contribution in [0.2, 0.25) is 0 Å². The van der Waals surface area contributed by atoms with Crippen molar-refractivity contribution < 1.29 is 17.9 Å². The van der Waals surface area contributed by atoms with E-state index >= 15 is 0 Å². The van der Waals surface area contributed by atoms with Gasteiger partial charge in [-0.1, -0.05) is 25.1 Å². The molecule has 2 aromatic carbocycles. The van der Waals surface area contributed by atoms with E-state index < -0.39 is 10.0 Å². The minimum atomic E-state index is -3.35. The lowest BCUT2D eigenvalue weighted by atomic mass is 10.0. The fourth-order valence-electron chi connectivity index (χ4n) is 3.56. The van der Waals surface area contributed by atoms with E-state index in [1.54, 1.807) is 13.2 Å². The van der Waals surface area contributed by atoms with E-state index in [1.165, 1.54) is 4.31 Å². The Balaban J connectivity index is 1.60. The van der Waals surface area contributed by atoms with Crippen molar-refractivity contribution in [2.75, 3.05) is 35.6 Å². The van der Waals surface area contributed by atoms with E-state index in [4.69, 9.17) is 4.74 Å². The number of hydrogen-bond donors (Lipinski definition) is 2. The number of benzene rings is 2. The lowest BCUT2D eigenvalue weighted by molar-refractivity contribution is 0.252. The zero-order chi connectivity index (χ0) is 21.6. The van der Waals surface area contributed by atoms with E-state index in [2.05, 4.69) is 10.6 Å². The van der Waals surface area contributed by atoms with E-state index in [0.29, 0.717) is 37.3 Å². The molecule has 0 bridgehead atoms. The van der Waals surface area contributed by atoms with Crippen LogP contribution < -0.4 is 19.7 Å². The van der Waals surface area contributed by atoms with Gasteiger partial charge < -0.3 is 15.4 Å². The van der Waals surface area contributed by atoms with Crippen LogP contribution >= 0.6 is 0 Å². The number of ether oxygens (including phenoxy) is 1. The first kappa shape index (κ1) is 22.0. The Kier molecular flexibility index (Phi) is 7.20. The Morgan fingerprint density at radius 1 is 1.17 bits per heavy atom. The first-order valence-corrected chi connectivity index (χ1v) is 11.8. The smallest absolute Gasteiger partial charge is 0.319 e. The quantitative estimate of drug-likeness (QED) is 0.669. The molecule has 7 nitrogen and oxygen atoms in total. The summed E-state index contributed by atoms with van der Waals surface area (Å²) in [5.74, 6) is 0.919. The molecule has 3 rings (SSSR count). The molecule has 162 valence electrons. The van der Waals surface area contributed by atoms with Gasteiger partial charge in [0.15, 0.2) is 0 Å². The van der Waals surface area contributed by atoms with Gasteiger partial charge in [-0.15, -0.1) is 0 Å². The van der Waals surface area contributed by atoms with Crippen LogP contribution in [0.3, 0.4) is 0 Å². The number of aryl methyl sites for hydroxylation is 1. The number of carbonyl (C=O) groups excluding carboxylic acids is 1. The summed E-state index contributed by atoms with van der Waals surface area (Å²) in [7, 11) is -1.72. The number of urea groups is 1. The van der Waals surface area contributed by atoms with Crippen LogP contribution in [0.4, 0.5) is 16.2 Å². The van der Waals surface area contributed by atoms with Crippen molar-refractivity contribution in [3.8, 4) is 5.75 Å². The van der Waals surface area contributed by atoms with Crippen molar-refractivity contribution in [3.05, 3.63) is 53.6 Å². The molecule has 0 aromatic heterocycles. The van der Waals surface area contributed by atoms with Gasteiger partial charge >= 0.3 is 6.03 Å². The number of nitrogens with zero attached hydrogens (tertiary/aromatic N) is 1. The molecule has 0 atom stereocenters. The molecular formula is C22H29N3O4S. The SMILES string of the molecule is CCCS(=O)(=O)N1CCCc2ccc(NC(=O)NCCc3ccc(OC)cc3)cc21. The highest BCUT2D eigenvalue weighted by Crippen LogP contribution is 2.32. The average molecular weight is 432 g/mol. The van der Waals surface area contributed by atoms with Gasteiger partial charge in [0.05, 0.1) is 18.6 Å². The summed E-state index contributed by atoms with van der Waals surface area (Å²) in [5, 5.41) is 5.65. The van der Waals surface area contributed by atoms with Gasteiger partial charge in [-0.05, 0) is 61.1 Å².